The zero-order chi connectivity index (χ0) is 23.9. The maximum atomic E-state index is 10.3. The topological polar surface area (TPSA) is 170 Å². The van der Waals surface area contributed by atoms with Crippen LogP contribution in [0.25, 0.3) is 22.3 Å². The van der Waals surface area contributed by atoms with Crippen molar-refractivity contribution in [3.63, 3.8) is 0 Å². The molecule has 184 valence electrons. The molecule has 1 aromatic heterocycles. The third-order valence-corrected chi connectivity index (χ3v) is 5.26. The highest BCUT2D eigenvalue weighted by molar-refractivity contribution is 5.88. The fourth-order valence-corrected chi connectivity index (χ4v) is 3.51. The van der Waals surface area contributed by atoms with Crippen LogP contribution in [0.4, 0.5) is 0 Å². The van der Waals surface area contributed by atoms with Crippen molar-refractivity contribution in [3.8, 4) is 45.8 Å². The van der Waals surface area contributed by atoms with Crippen LogP contribution in [0.15, 0.2) is 34.7 Å². The molecule has 0 radical (unpaired) electrons. The molecule has 3 aromatic rings. The normalized spacial score (nSPS) is 22.1. The number of aliphatic hydroxyl groups excluding tert-OH is 3. The van der Waals surface area contributed by atoms with Gasteiger partial charge in [0.25, 0.3) is 0 Å². The minimum Gasteiger partial charge on any atom is -1.00 e. The molecule has 0 bridgehead atoms. The molecule has 2 heterocycles. The number of rotatable bonds is 5. The van der Waals surface area contributed by atoms with Gasteiger partial charge in [-0.2, -0.15) is 0 Å². The average Bonchev–Trinajstić information content (AvgIpc) is 2.79. The van der Waals surface area contributed by atoms with Gasteiger partial charge in [0.2, 0.25) is 17.8 Å². The Labute approximate surface area is 199 Å². The molecule has 4 rings (SSSR count). The third kappa shape index (κ3) is 4.56. The number of fused-ring (bicyclic) bond motifs is 1. The van der Waals surface area contributed by atoms with Crippen molar-refractivity contribution >= 4 is 11.0 Å². The maximum Gasteiger partial charge on any atom is 0.402 e. The van der Waals surface area contributed by atoms with Gasteiger partial charge in [0.05, 0.1) is 32.5 Å². The Kier molecular flexibility index (Phi) is 7.44. The Morgan fingerprint density at radius 3 is 2.15 bits per heavy atom. The fourth-order valence-electron chi connectivity index (χ4n) is 3.51. The molecule has 0 saturated carbocycles. The lowest BCUT2D eigenvalue weighted by Crippen LogP contribution is -3.00. The third-order valence-electron chi connectivity index (χ3n) is 5.26. The van der Waals surface area contributed by atoms with Gasteiger partial charge >= 0.3 is 11.3 Å². The first-order valence-corrected chi connectivity index (χ1v) is 9.84. The quantitative estimate of drug-likeness (QED) is 0.222. The zero-order valence-electron chi connectivity index (χ0n) is 18.0. The van der Waals surface area contributed by atoms with E-state index in [1.807, 2.05) is 0 Å². The van der Waals surface area contributed by atoms with E-state index in [-0.39, 0.29) is 70.2 Å². The number of halogens is 1. The molecule has 6 N–H and O–H groups in total. The summed E-state index contributed by atoms with van der Waals surface area (Å²) < 4.78 is 27.4. The lowest BCUT2D eigenvalue weighted by molar-refractivity contribution is -0.242. The van der Waals surface area contributed by atoms with Gasteiger partial charge in [-0.15, -0.1) is 0 Å². The first-order chi connectivity index (χ1) is 15.7. The molecule has 12 heteroatoms. The van der Waals surface area contributed by atoms with Gasteiger partial charge in [0, 0.05) is 24.3 Å². The average molecular weight is 499 g/mol. The summed E-state index contributed by atoms with van der Waals surface area (Å²) in [7, 11) is 2.70. The molecule has 34 heavy (non-hydrogen) atoms. The largest absolute Gasteiger partial charge is 1.00 e. The van der Waals surface area contributed by atoms with Crippen LogP contribution in [0.5, 0.6) is 34.5 Å². The molecule has 1 aliphatic rings. The van der Waals surface area contributed by atoms with E-state index in [4.69, 9.17) is 23.4 Å². The summed E-state index contributed by atoms with van der Waals surface area (Å²) in [6.45, 7) is -0.289. The number of hydrogen-bond donors (Lipinski definition) is 6. The summed E-state index contributed by atoms with van der Waals surface area (Å²) in [5.74, 6) is -0.635. The zero-order valence-corrected chi connectivity index (χ0v) is 18.8. The Balaban J connectivity index is 0.00000324. The number of benzene rings is 2. The van der Waals surface area contributed by atoms with Crippen LogP contribution in [-0.2, 0) is 4.74 Å². The van der Waals surface area contributed by atoms with Crippen molar-refractivity contribution in [2.75, 3.05) is 20.8 Å². The van der Waals surface area contributed by atoms with Crippen LogP contribution in [-0.4, -0.2) is 76.1 Å². The highest BCUT2D eigenvalue weighted by Gasteiger charge is 2.40. The van der Waals surface area contributed by atoms with Gasteiger partial charge in [0.1, 0.15) is 35.2 Å². The van der Waals surface area contributed by atoms with Crippen molar-refractivity contribution in [3.05, 3.63) is 30.3 Å². The lowest BCUT2D eigenvalue weighted by Gasteiger charge is -2.34. The highest BCUT2D eigenvalue weighted by atomic mass is 35.5. The van der Waals surface area contributed by atoms with Gasteiger partial charge in [-0.05, 0) is 0 Å². The van der Waals surface area contributed by atoms with E-state index in [0.717, 1.165) is 6.07 Å². The van der Waals surface area contributed by atoms with Crippen molar-refractivity contribution in [2.45, 2.75) is 24.6 Å². The van der Waals surface area contributed by atoms with Crippen LogP contribution in [0.3, 0.4) is 0 Å². The van der Waals surface area contributed by atoms with Crippen LogP contribution in [0, 0.1) is 0 Å². The second kappa shape index (κ2) is 9.95. The monoisotopic (exact) mass is 498 g/mol. The molecule has 1 fully saturated rings. The van der Waals surface area contributed by atoms with Crippen molar-refractivity contribution in [1.82, 2.24) is 0 Å². The van der Waals surface area contributed by atoms with Crippen LogP contribution in [0.2, 0.25) is 0 Å². The van der Waals surface area contributed by atoms with Gasteiger partial charge in [0.15, 0.2) is 11.5 Å². The van der Waals surface area contributed by atoms with E-state index < -0.39 is 24.6 Å². The van der Waals surface area contributed by atoms with Crippen molar-refractivity contribution in [1.29, 1.82) is 0 Å². The summed E-state index contributed by atoms with van der Waals surface area (Å²) in [6, 6.07) is 6.66. The molecule has 0 aliphatic carbocycles. The second-order valence-corrected chi connectivity index (χ2v) is 7.41. The minimum atomic E-state index is -1.59. The van der Waals surface area contributed by atoms with Crippen molar-refractivity contribution < 1.29 is 66.4 Å². The van der Waals surface area contributed by atoms with E-state index in [2.05, 4.69) is 0 Å². The van der Waals surface area contributed by atoms with Gasteiger partial charge in [-0.3, -0.25) is 0 Å². The Bertz CT molecular complexity index is 1160. The first kappa shape index (κ1) is 25.4. The smallest absolute Gasteiger partial charge is 0.402 e. The van der Waals surface area contributed by atoms with Gasteiger partial charge < -0.3 is 62.0 Å². The van der Waals surface area contributed by atoms with E-state index in [1.165, 1.54) is 38.5 Å². The number of aromatic hydroxyl groups is 3. The van der Waals surface area contributed by atoms with E-state index in [0.29, 0.717) is 5.56 Å². The van der Waals surface area contributed by atoms with E-state index in [1.54, 1.807) is 0 Å². The second-order valence-electron chi connectivity index (χ2n) is 7.41. The molecular formula is C22H23ClO11. The summed E-state index contributed by atoms with van der Waals surface area (Å²) in [5, 5.41) is 60.5. The number of ether oxygens (including phenoxy) is 4. The van der Waals surface area contributed by atoms with E-state index in [9.17, 15) is 30.6 Å². The van der Waals surface area contributed by atoms with Crippen LogP contribution in [0.1, 0.15) is 0 Å². The summed E-state index contributed by atoms with van der Waals surface area (Å²) >= 11 is 0. The molecule has 1 saturated heterocycles. The SMILES string of the molecule is COc1cc(-c2[o+]c3cc(O)cc(O)c3cc2O[C@@H]2OC[C@@H](O)[C@@H](O)[C@@H]2O)cc(OC)c1O.[Cl-]. The van der Waals surface area contributed by atoms with Crippen LogP contribution >= 0.6 is 0 Å². The number of methoxy groups -OCH3 is 2. The molecule has 0 spiro atoms. The number of hydrogen-bond acceptors (Lipinski definition) is 10. The standard InChI is InChI=1S/C22H22O11.ClH/c1-29-15-3-9(4-16(30-2)19(15)27)21-17(33-22-20(28)18(26)13(25)8-31-22)7-11-12(24)5-10(23)6-14(11)32-21;/h3-7,13,18,20,22,25-26,28H,8H2,1-2H3,(H2-,23,24,27);1H/t13-,18-,20+,22+;/m1./s1. The van der Waals surface area contributed by atoms with Gasteiger partial charge in [-0.1, -0.05) is 0 Å². The molecule has 2 aromatic carbocycles. The summed E-state index contributed by atoms with van der Waals surface area (Å²) in [4.78, 5) is 0. The molecule has 1 aliphatic heterocycles. The summed E-state index contributed by atoms with van der Waals surface area (Å²) in [6.07, 6.45) is -5.77. The molecular weight excluding hydrogens is 476 g/mol. The molecule has 0 amide bonds. The Morgan fingerprint density at radius 2 is 1.53 bits per heavy atom. The Morgan fingerprint density at radius 1 is 0.882 bits per heavy atom. The lowest BCUT2D eigenvalue weighted by atomic mass is 10.1. The summed E-state index contributed by atoms with van der Waals surface area (Å²) in [5.41, 5.74) is 0.411. The number of phenols is 3. The minimum absolute atomic E-state index is 0. The Hall–Kier alpha value is -3.22. The highest BCUT2D eigenvalue weighted by Crippen LogP contribution is 2.45. The molecule has 4 atom stereocenters. The predicted octanol–water partition coefficient (Wildman–Crippen LogP) is -1.66. The van der Waals surface area contributed by atoms with Crippen molar-refractivity contribution in [2.24, 2.45) is 0 Å². The van der Waals surface area contributed by atoms with E-state index >= 15 is 0 Å². The number of aliphatic hydroxyl groups is 3. The first-order valence-electron chi connectivity index (χ1n) is 9.84. The maximum absolute atomic E-state index is 10.3. The fraction of sp³-hybridized carbons (Fsp3) is 0.318. The number of phenolic OH excluding ortho intramolecular Hbond substituents is 3. The molecule has 11 nitrogen and oxygen atoms in total. The van der Waals surface area contributed by atoms with Crippen LogP contribution < -0.4 is 26.6 Å². The predicted molar refractivity (Wildman–Crippen MR) is 113 cm³/mol. The van der Waals surface area contributed by atoms with Gasteiger partial charge in [-0.25, -0.2) is 4.42 Å². The molecule has 0 unspecified atom stereocenters.